The van der Waals surface area contributed by atoms with Crippen molar-refractivity contribution in [2.24, 2.45) is 5.92 Å². The van der Waals surface area contributed by atoms with Gasteiger partial charge in [-0.15, -0.1) is 0 Å². The fourth-order valence-corrected chi connectivity index (χ4v) is 4.35. The van der Waals surface area contributed by atoms with E-state index in [0.29, 0.717) is 42.4 Å². The summed E-state index contributed by atoms with van der Waals surface area (Å²) in [4.78, 5) is 27.6. The molecule has 32 heavy (non-hydrogen) atoms. The van der Waals surface area contributed by atoms with Crippen molar-refractivity contribution in [3.05, 3.63) is 29.7 Å². The summed E-state index contributed by atoms with van der Waals surface area (Å²) in [6.07, 6.45) is 10.1. The molecule has 2 fully saturated rings. The fourth-order valence-electron chi connectivity index (χ4n) is 4.35. The molecule has 0 bridgehead atoms. The minimum absolute atomic E-state index is 0.0121. The van der Waals surface area contributed by atoms with Crippen LogP contribution in [0.2, 0.25) is 0 Å². The molecule has 8 heteroatoms. The number of aldehydes is 1. The van der Waals surface area contributed by atoms with Gasteiger partial charge in [-0.25, -0.2) is 15.0 Å². The molecule has 0 radical (unpaired) electrons. The number of carbonyl (C=O) groups is 1. The largest absolute Gasteiger partial charge is 0.378 e. The Morgan fingerprint density at radius 1 is 1.19 bits per heavy atom. The zero-order chi connectivity index (χ0) is 22.5. The van der Waals surface area contributed by atoms with Gasteiger partial charge in [-0.2, -0.15) is 0 Å². The molecule has 2 aromatic heterocycles. The Balaban J connectivity index is 1.74. The van der Waals surface area contributed by atoms with Crippen molar-refractivity contribution < 1.29 is 9.53 Å². The number of rotatable bonds is 7. The molecule has 2 N–H and O–H groups in total. The van der Waals surface area contributed by atoms with Crippen LogP contribution in [-0.4, -0.2) is 59.3 Å². The minimum Gasteiger partial charge on any atom is -0.378 e. The van der Waals surface area contributed by atoms with Crippen molar-refractivity contribution in [2.45, 2.75) is 52.0 Å². The van der Waals surface area contributed by atoms with Crippen LogP contribution in [0, 0.1) is 11.3 Å². The third kappa shape index (κ3) is 4.96. The Hall–Kier alpha value is -2.87. The molecular formula is C24H32N6O2. The smallest absolute Gasteiger partial charge is 0.225 e. The lowest BCUT2D eigenvalue weighted by atomic mass is 9.91. The summed E-state index contributed by atoms with van der Waals surface area (Å²) in [6.45, 7) is 6.88. The first-order chi connectivity index (χ1) is 15.6. The lowest BCUT2D eigenvalue weighted by molar-refractivity contribution is 0.111. The monoisotopic (exact) mass is 436 g/mol. The summed E-state index contributed by atoms with van der Waals surface area (Å²) >= 11 is 0. The highest BCUT2D eigenvalue weighted by Crippen LogP contribution is 2.32. The van der Waals surface area contributed by atoms with E-state index >= 15 is 0 Å². The molecular weight excluding hydrogens is 404 g/mol. The first-order valence-corrected chi connectivity index (χ1v) is 11.6. The van der Waals surface area contributed by atoms with Crippen molar-refractivity contribution in [3.8, 4) is 11.1 Å². The van der Waals surface area contributed by atoms with Crippen molar-refractivity contribution in [2.75, 3.05) is 36.5 Å². The fraction of sp³-hybridized carbons (Fsp3) is 0.542. The van der Waals surface area contributed by atoms with Crippen LogP contribution < -0.4 is 10.2 Å². The van der Waals surface area contributed by atoms with E-state index in [1.165, 1.54) is 19.3 Å². The number of nitrogens with one attached hydrogen (secondary N) is 2. The second-order valence-electron chi connectivity index (χ2n) is 8.85. The molecule has 2 aliphatic rings. The molecule has 3 heterocycles. The van der Waals surface area contributed by atoms with Gasteiger partial charge in [-0.05, 0) is 30.4 Å². The predicted molar refractivity (Wildman–Crippen MR) is 126 cm³/mol. The SMILES string of the molecule is CC(C)C(=N)c1c(-c2cnc(N3CCOCC3)nc2)cc(C=O)nc1NC1CCCCC1. The van der Waals surface area contributed by atoms with Gasteiger partial charge in [0.2, 0.25) is 5.95 Å². The third-order valence-electron chi connectivity index (χ3n) is 6.20. The molecule has 8 nitrogen and oxygen atoms in total. The van der Waals surface area contributed by atoms with Crippen LogP contribution in [0.5, 0.6) is 0 Å². The number of anilines is 2. The van der Waals surface area contributed by atoms with E-state index in [0.717, 1.165) is 48.9 Å². The van der Waals surface area contributed by atoms with Gasteiger partial charge in [0, 0.05) is 48.4 Å². The summed E-state index contributed by atoms with van der Waals surface area (Å²) < 4.78 is 5.41. The lowest BCUT2D eigenvalue weighted by Crippen LogP contribution is -2.37. The van der Waals surface area contributed by atoms with Crippen LogP contribution >= 0.6 is 0 Å². The van der Waals surface area contributed by atoms with Crippen LogP contribution in [0.25, 0.3) is 11.1 Å². The highest BCUT2D eigenvalue weighted by molar-refractivity contribution is 6.09. The van der Waals surface area contributed by atoms with Gasteiger partial charge in [-0.3, -0.25) is 4.79 Å². The summed E-state index contributed by atoms with van der Waals surface area (Å²) in [6, 6.07) is 2.06. The number of hydrogen-bond acceptors (Lipinski definition) is 8. The maximum atomic E-state index is 11.7. The lowest BCUT2D eigenvalue weighted by Gasteiger charge is -2.27. The molecule has 0 amide bonds. The maximum absolute atomic E-state index is 11.7. The molecule has 1 saturated heterocycles. The van der Waals surface area contributed by atoms with Gasteiger partial charge in [-0.1, -0.05) is 33.1 Å². The van der Waals surface area contributed by atoms with E-state index in [4.69, 9.17) is 10.1 Å². The highest BCUT2D eigenvalue weighted by atomic mass is 16.5. The number of nitrogens with zero attached hydrogens (tertiary/aromatic N) is 4. The van der Waals surface area contributed by atoms with Gasteiger partial charge >= 0.3 is 0 Å². The number of hydrogen-bond donors (Lipinski definition) is 2. The Labute approximate surface area is 189 Å². The standard InChI is InChI=1S/C24H32N6O2/c1-16(2)22(25)21-20(17-13-26-24(27-14-17)30-8-10-32-11-9-30)12-19(15-31)29-23(21)28-18-6-4-3-5-7-18/h12-16,18,25H,3-11H2,1-2H3,(H,28,29). The van der Waals surface area contributed by atoms with Crippen LogP contribution in [0.15, 0.2) is 18.5 Å². The Kier molecular flexibility index (Phi) is 7.09. The van der Waals surface area contributed by atoms with Crippen molar-refractivity contribution in [1.82, 2.24) is 15.0 Å². The van der Waals surface area contributed by atoms with Gasteiger partial charge in [0.05, 0.1) is 13.2 Å². The van der Waals surface area contributed by atoms with Gasteiger partial charge in [0.25, 0.3) is 0 Å². The van der Waals surface area contributed by atoms with E-state index in [1.807, 2.05) is 13.8 Å². The van der Waals surface area contributed by atoms with E-state index in [2.05, 4.69) is 25.2 Å². The summed E-state index contributed by atoms with van der Waals surface area (Å²) in [5, 5.41) is 12.4. The summed E-state index contributed by atoms with van der Waals surface area (Å²) in [5.41, 5.74) is 3.11. The number of pyridine rings is 1. The van der Waals surface area contributed by atoms with Crippen molar-refractivity contribution in [1.29, 1.82) is 5.41 Å². The van der Waals surface area contributed by atoms with E-state index in [-0.39, 0.29) is 5.92 Å². The molecule has 2 aromatic rings. The summed E-state index contributed by atoms with van der Waals surface area (Å²) in [7, 11) is 0. The Morgan fingerprint density at radius 3 is 2.50 bits per heavy atom. The predicted octanol–water partition coefficient (Wildman–Crippen LogP) is 3.96. The first-order valence-electron chi connectivity index (χ1n) is 11.6. The van der Waals surface area contributed by atoms with Gasteiger partial charge in [0.15, 0.2) is 6.29 Å². The molecule has 1 aliphatic heterocycles. The van der Waals surface area contributed by atoms with Crippen LogP contribution in [0.4, 0.5) is 11.8 Å². The second-order valence-corrected chi connectivity index (χ2v) is 8.85. The van der Waals surface area contributed by atoms with Gasteiger partial charge in [0.1, 0.15) is 11.5 Å². The summed E-state index contributed by atoms with van der Waals surface area (Å²) in [5.74, 6) is 1.30. The van der Waals surface area contributed by atoms with Gasteiger partial charge < -0.3 is 20.4 Å². The van der Waals surface area contributed by atoms with E-state index in [9.17, 15) is 4.79 Å². The Bertz CT molecular complexity index is 948. The normalized spacial score (nSPS) is 17.4. The molecule has 4 rings (SSSR count). The molecule has 170 valence electrons. The second kappa shape index (κ2) is 10.2. The van der Waals surface area contributed by atoms with Crippen molar-refractivity contribution >= 4 is 23.8 Å². The van der Waals surface area contributed by atoms with Crippen LogP contribution in [0.1, 0.15) is 62.0 Å². The number of ether oxygens (including phenoxy) is 1. The topological polar surface area (TPSA) is 104 Å². The quantitative estimate of drug-likeness (QED) is 0.500. The molecule has 1 saturated carbocycles. The van der Waals surface area contributed by atoms with Crippen molar-refractivity contribution in [3.63, 3.8) is 0 Å². The zero-order valence-corrected chi connectivity index (χ0v) is 18.9. The number of aromatic nitrogens is 3. The van der Waals surface area contributed by atoms with E-state index < -0.39 is 0 Å². The number of morpholine rings is 1. The maximum Gasteiger partial charge on any atom is 0.225 e. The van der Waals surface area contributed by atoms with Crippen LogP contribution in [-0.2, 0) is 4.74 Å². The molecule has 1 aliphatic carbocycles. The molecule has 0 spiro atoms. The molecule has 0 atom stereocenters. The highest BCUT2D eigenvalue weighted by Gasteiger charge is 2.23. The minimum atomic E-state index is 0.0121. The average Bonchev–Trinajstić information content (AvgIpc) is 2.84. The Morgan fingerprint density at radius 2 is 1.88 bits per heavy atom. The first kappa shape index (κ1) is 22.3. The average molecular weight is 437 g/mol. The zero-order valence-electron chi connectivity index (χ0n) is 18.9. The van der Waals surface area contributed by atoms with Crippen LogP contribution in [0.3, 0.4) is 0 Å². The third-order valence-corrected chi connectivity index (χ3v) is 6.20. The molecule has 0 aromatic carbocycles. The number of carbonyl (C=O) groups excluding carboxylic acids is 1. The molecule has 0 unspecified atom stereocenters. The van der Waals surface area contributed by atoms with E-state index in [1.54, 1.807) is 18.5 Å².